The van der Waals surface area contributed by atoms with Gasteiger partial charge in [-0.2, -0.15) is 0 Å². The quantitative estimate of drug-likeness (QED) is 0.508. The van der Waals surface area contributed by atoms with Gasteiger partial charge < -0.3 is 25.8 Å². The maximum atomic E-state index is 12.9. The van der Waals surface area contributed by atoms with Gasteiger partial charge in [0.1, 0.15) is 17.8 Å². The number of rotatable bonds is 9. The van der Waals surface area contributed by atoms with Crippen molar-refractivity contribution in [2.75, 3.05) is 61.4 Å². The van der Waals surface area contributed by atoms with Gasteiger partial charge in [-0.05, 0) is 49.8 Å². The van der Waals surface area contributed by atoms with Crippen molar-refractivity contribution in [1.29, 1.82) is 0 Å². The number of nitrogens with two attached hydrogens (primary N) is 1. The predicted molar refractivity (Wildman–Crippen MR) is 137 cm³/mol. The van der Waals surface area contributed by atoms with Crippen molar-refractivity contribution < 1.29 is 4.79 Å². The molecule has 0 radical (unpaired) electrons. The van der Waals surface area contributed by atoms with E-state index in [0.29, 0.717) is 24.6 Å². The number of carbonyl (C=O) groups is 1. The lowest BCUT2D eigenvalue weighted by atomic mass is 10.2. The molecule has 0 atom stereocenters. The number of nitrogens with one attached hydrogen (secondary N) is 1. The Morgan fingerprint density at radius 1 is 1.03 bits per heavy atom. The van der Waals surface area contributed by atoms with E-state index in [2.05, 4.69) is 61.3 Å². The van der Waals surface area contributed by atoms with Crippen molar-refractivity contribution in [2.24, 2.45) is 5.73 Å². The van der Waals surface area contributed by atoms with Crippen LogP contribution >= 0.6 is 0 Å². The summed E-state index contributed by atoms with van der Waals surface area (Å²) in [4.78, 5) is 28.4. The zero-order valence-corrected chi connectivity index (χ0v) is 19.7. The SMILES string of the molecule is CN1CCN(c2ccc(NC(=O)c3cc(N(CCCN)Cc4ccccc4)ncn3)cc2)CC1. The second-order valence-corrected chi connectivity index (χ2v) is 8.60. The van der Waals surface area contributed by atoms with E-state index >= 15 is 0 Å². The highest BCUT2D eigenvalue weighted by Crippen LogP contribution is 2.20. The summed E-state index contributed by atoms with van der Waals surface area (Å²) < 4.78 is 0. The molecule has 1 saturated heterocycles. The third-order valence-corrected chi connectivity index (χ3v) is 6.05. The lowest BCUT2D eigenvalue weighted by Crippen LogP contribution is -2.44. The first-order valence-corrected chi connectivity index (χ1v) is 11.8. The molecule has 0 unspecified atom stereocenters. The zero-order chi connectivity index (χ0) is 23.8. The van der Waals surface area contributed by atoms with Crippen LogP contribution in [0.1, 0.15) is 22.5 Å². The van der Waals surface area contributed by atoms with E-state index in [-0.39, 0.29) is 5.91 Å². The minimum absolute atomic E-state index is 0.255. The second-order valence-electron chi connectivity index (χ2n) is 8.60. The highest BCUT2D eigenvalue weighted by molar-refractivity contribution is 6.03. The van der Waals surface area contributed by atoms with Gasteiger partial charge in [-0.1, -0.05) is 30.3 Å². The van der Waals surface area contributed by atoms with Crippen LogP contribution in [0.5, 0.6) is 0 Å². The standard InChI is InChI=1S/C26H33N7O/c1-31-14-16-32(17-15-31)23-10-8-22(9-11-23)30-26(34)24-18-25(29-20-28-24)33(13-5-12-27)19-21-6-3-2-4-7-21/h2-4,6-11,18,20H,5,12-17,19,27H2,1H3,(H,30,34). The summed E-state index contributed by atoms with van der Waals surface area (Å²) in [6, 6.07) is 19.9. The molecule has 8 heteroatoms. The van der Waals surface area contributed by atoms with Crippen LogP contribution in [-0.2, 0) is 6.54 Å². The minimum Gasteiger partial charge on any atom is -0.369 e. The monoisotopic (exact) mass is 459 g/mol. The molecule has 1 aromatic heterocycles. The first-order valence-electron chi connectivity index (χ1n) is 11.8. The Balaban J connectivity index is 1.43. The molecule has 0 bridgehead atoms. The van der Waals surface area contributed by atoms with Crippen molar-refractivity contribution in [3.63, 3.8) is 0 Å². The molecule has 8 nitrogen and oxygen atoms in total. The van der Waals surface area contributed by atoms with E-state index in [1.54, 1.807) is 6.07 Å². The van der Waals surface area contributed by atoms with Gasteiger partial charge in [0, 0.05) is 56.7 Å². The van der Waals surface area contributed by atoms with E-state index in [1.807, 2.05) is 30.3 Å². The van der Waals surface area contributed by atoms with E-state index < -0.39 is 0 Å². The molecule has 2 heterocycles. The fraction of sp³-hybridized carbons (Fsp3) is 0.346. The number of amides is 1. The van der Waals surface area contributed by atoms with Gasteiger partial charge in [-0.15, -0.1) is 0 Å². The molecule has 178 valence electrons. The number of carbonyl (C=O) groups excluding carboxylic acids is 1. The molecule has 1 fully saturated rings. The molecule has 2 aromatic carbocycles. The summed E-state index contributed by atoms with van der Waals surface area (Å²) in [6.07, 6.45) is 2.28. The van der Waals surface area contributed by atoms with Gasteiger partial charge in [-0.25, -0.2) is 9.97 Å². The maximum Gasteiger partial charge on any atom is 0.274 e. The lowest BCUT2D eigenvalue weighted by molar-refractivity contribution is 0.102. The van der Waals surface area contributed by atoms with Gasteiger partial charge in [-0.3, -0.25) is 4.79 Å². The molecule has 3 N–H and O–H groups in total. The van der Waals surface area contributed by atoms with Crippen LogP contribution in [0, 0.1) is 0 Å². The Hall–Kier alpha value is -3.49. The molecule has 34 heavy (non-hydrogen) atoms. The van der Waals surface area contributed by atoms with Crippen LogP contribution in [0.3, 0.4) is 0 Å². The number of anilines is 3. The zero-order valence-electron chi connectivity index (χ0n) is 19.7. The topological polar surface area (TPSA) is 90.6 Å². The van der Waals surface area contributed by atoms with Crippen molar-refractivity contribution >= 4 is 23.1 Å². The van der Waals surface area contributed by atoms with Crippen LogP contribution in [0.25, 0.3) is 0 Å². The fourth-order valence-electron chi connectivity index (χ4n) is 4.02. The summed E-state index contributed by atoms with van der Waals surface area (Å²) >= 11 is 0. The number of piperazine rings is 1. The maximum absolute atomic E-state index is 12.9. The largest absolute Gasteiger partial charge is 0.369 e. The molecule has 1 amide bonds. The van der Waals surface area contributed by atoms with Crippen molar-refractivity contribution in [1.82, 2.24) is 14.9 Å². The van der Waals surface area contributed by atoms with Gasteiger partial charge >= 0.3 is 0 Å². The average molecular weight is 460 g/mol. The van der Waals surface area contributed by atoms with E-state index in [9.17, 15) is 4.79 Å². The van der Waals surface area contributed by atoms with Gasteiger partial charge in [0.05, 0.1) is 0 Å². The molecule has 3 aromatic rings. The smallest absolute Gasteiger partial charge is 0.274 e. The summed E-state index contributed by atoms with van der Waals surface area (Å²) in [5.74, 6) is 0.456. The molecule has 0 saturated carbocycles. The Kier molecular flexibility index (Phi) is 8.06. The third-order valence-electron chi connectivity index (χ3n) is 6.05. The van der Waals surface area contributed by atoms with Gasteiger partial charge in [0.2, 0.25) is 0 Å². The summed E-state index contributed by atoms with van der Waals surface area (Å²) in [7, 11) is 2.15. The number of hydrogen-bond donors (Lipinski definition) is 2. The molecule has 1 aliphatic rings. The van der Waals surface area contributed by atoms with Gasteiger partial charge in [0.25, 0.3) is 5.91 Å². The number of nitrogens with zero attached hydrogens (tertiary/aromatic N) is 5. The molecule has 0 spiro atoms. The van der Waals surface area contributed by atoms with Crippen LogP contribution in [0.15, 0.2) is 67.0 Å². The Labute approximate surface area is 201 Å². The van der Waals surface area contributed by atoms with E-state index in [1.165, 1.54) is 17.6 Å². The first-order chi connectivity index (χ1) is 16.6. The number of aromatic nitrogens is 2. The van der Waals surface area contributed by atoms with Crippen LogP contribution < -0.4 is 20.9 Å². The number of hydrogen-bond acceptors (Lipinski definition) is 7. The third kappa shape index (κ3) is 6.30. The Bertz CT molecular complexity index is 1050. The second kappa shape index (κ2) is 11.6. The van der Waals surface area contributed by atoms with Crippen LogP contribution in [0.4, 0.5) is 17.2 Å². The average Bonchev–Trinajstić information content (AvgIpc) is 2.88. The summed E-state index contributed by atoms with van der Waals surface area (Å²) in [5, 5.41) is 2.96. The minimum atomic E-state index is -0.255. The fourth-order valence-corrected chi connectivity index (χ4v) is 4.02. The van der Waals surface area contributed by atoms with Crippen molar-refractivity contribution in [2.45, 2.75) is 13.0 Å². The first kappa shape index (κ1) is 23.7. The van der Waals surface area contributed by atoms with Crippen LogP contribution in [0.2, 0.25) is 0 Å². The predicted octanol–water partition coefficient (Wildman–Crippen LogP) is 2.84. The van der Waals surface area contributed by atoms with E-state index in [0.717, 1.165) is 44.8 Å². The molecule has 4 rings (SSSR count). The highest BCUT2D eigenvalue weighted by atomic mass is 16.1. The Morgan fingerprint density at radius 3 is 2.47 bits per heavy atom. The summed E-state index contributed by atoms with van der Waals surface area (Å²) in [5.41, 5.74) is 9.17. The van der Waals surface area contributed by atoms with Crippen molar-refractivity contribution in [3.05, 3.63) is 78.2 Å². The van der Waals surface area contributed by atoms with Crippen LogP contribution in [-0.4, -0.2) is 67.1 Å². The summed E-state index contributed by atoms with van der Waals surface area (Å²) in [6.45, 7) is 6.16. The molecular weight excluding hydrogens is 426 g/mol. The lowest BCUT2D eigenvalue weighted by Gasteiger charge is -2.34. The molecular formula is C26H33N7O. The van der Waals surface area contributed by atoms with E-state index in [4.69, 9.17) is 5.73 Å². The number of benzene rings is 2. The normalized spacial score (nSPS) is 14.1. The van der Waals surface area contributed by atoms with Crippen molar-refractivity contribution in [3.8, 4) is 0 Å². The number of likely N-dealkylation sites (N-methyl/N-ethyl adjacent to an activating group) is 1. The highest BCUT2D eigenvalue weighted by Gasteiger charge is 2.16. The molecule has 1 aliphatic heterocycles. The Morgan fingerprint density at radius 2 is 1.76 bits per heavy atom. The van der Waals surface area contributed by atoms with Gasteiger partial charge in [0.15, 0.2) is 0 Å². The molecule has 0 aliphatic carbocycles.